The van der Waals surface area contributed by atoms with Gasteiger partial charge >= 0.3 is 5.97 Å². The van der Waals surface area contributed by atoms with Crippen LogP contribution in [0.1, 0.15) is 11.1 Å². The standard InChI is InChI=1S/C26H23NO6/c1-29-20-9-6-10-21(17-20)31-13-14-32-23-12-11-18(16-24(23)30-2)15-22-26(28)33-25(27-22)19-7-4-3-5-8-19/h3-12,15-17H,13-14H2,1-2H3/b22-15-. The first kappa shape index (κ1) is 22.0. The highest BCUT2D eigenvalue weighted by Crippen LogP contribution is 2.30. The summed E-state index contributed by atoms with van der Waals surface area (Å²) >= 11 is 0. The van der Waals surface area contributed by atoms with Crippen molar-refractivity contribution >= 4 is 17.9 Å². The largest absolute Gasteiger partial charge is 0.497 e. The highest BCUT2D eigenvalue weighted by molar-refractivity contribution is 6.12. The van der Waals surface area contributed by atoms with Crippen LogP contribution in [0, 0.1) is 0 Å². The maximum Gasteiger partial charge on any atom is 0.363 e. The molecule has 3 aromatic carbocycles. The van der Waals surface area contributed by atoms with Crippen LogP contribution in [0.15, 0.2) is 83.5 Å². The van der Waals surface area contributed by atoms with Crippen molar-refractivity contribution in [3.8, 4) is 23.0 Å². The lowest BCUT2D eigenvalue weighted by Crippen LogP contribution is -2.09. The first-order valence-electron chi connectivity index (χ1n) is 10.3. The van der Waals surface area contributed by atoms with E-state index in [-0.39, 0.29) is 11.6 Å². The van der Waals surface area contributed by atoms with Crippen molar-refractivity contribution in [1.82, 2.24) is 0 Å². The van der Waals surface area contributed by atoms with E-state index in [1.165, 1.54) is 0 Å². The van der Waals surface area contributed by atoms with Gasteiger partial charge < -0.3 is 23.7 Å². The zero-order valence-corrected chi connectivity index (χ0v) is 18.3. The molecule has 33 heavy (non-hydrogen) atoms. The molecule has 0 N–H and O–H groups in total. The van der Waals surface area contributed by atoms with E-state index in [4.69, 9.17) is 23.7 Å². The van der Waals surface area contributed by atoms with Gasteiger partial charge in [0.15, 0.2) is 17.2 Å². The molecule has 3 aromatic rings. The van der Waals surface area contributed by atoms with Crippen LogP contribution in [0.25, 0.3) is 6.08 Å². The Morgan fingerprint density at radius 3 is 2.39 bits per heavy atom. The quantitative estimate of drug-likeness (QED) is 0.274. The summed E-state index contributed by atoms with van der Waals surface area (Å²) < 4.78 is 27.4. The van der Waals surface area contributed by atoms with Crippen molar-refractivity contribution in [3.05, 3.63) is 89.6 Å². The highest BCUT2D eigenvalue weighted by atomic mass is 16.6. The summed E-state index contributed by atoms with van der Waals surface area (Å²) in [7, 11) is 3.17. The predicted octanol–water partition coefficient (Wildman–Crippen LogP) is 4.51. The average Bonchev–Trinajstić information content (AvgIpc) is 3.23. The number of nitrogens with zero attached hydrogens (tertiary/aromatic N) is 1. The molecule has 0 unspecified atom stereocenters. The SMILES string of the molecule is COc1cccc(OCCOc2ccc(/C=C3\N=C(c4ccccc4)OC3=O)cc2OC)c1. The van der Waals surface area contributed by atoms with Crippen molar-refractivity contribution in [2.75, 3.05) is 27.4 Å². The third-order valence-corrected chi connectivity index (χ3v) is 4.78. The van der Waals surface area contributed by atoms with Gasteiger partial charge in [0.25, 0.3) is 0 Å². The van der Waals surface area contributed by atoms with Gasteiger partial charge in [-0.05, 0) is 48.0 Å². The average molecular weight is 445 g/mol. The van der Waals surface area contributed by atoms with Gasteiger partial charge in [-0.1, -0.05) is 30.3 Å². The Balaban J connectivity index is 1.40. The van der Waals surface area contributed by atoms with Crippen LogP contribution >= 0.6 is 0 Å². The van der Waals surface area contributed by atoms with Crippen LogP contribution < -0.4 is 18.9 Å². The lowest BCUT2D eigenvalue weighted by molar-refractivity contribution is -0.129. The molecular formula is C26H23NO6. The molecule has 0 aromatic heterocycles. The Morgan fingerprint density at radius 1 is 0.818 bits per heavy atom. The lowest BCUT2D eigenvalue weighted by atomic mass is 10.1. The number of benzene rings is 3. The highest BCUT2D eigenvalue weighted by Gasteiger charge is 2.24. The van der Waals surface area contributed by atoms with Gasteiger partial charge in [-0.15, -0.1) is 0 Å². The van der Waals surface area contributed by atoms with Crippen LogP contribution in [0.3, 0.4) is 0 Å². The van der Waals surface area contributed by atoms with E-state index in [0.717, 1.165) is 16.9 Å². The summed E-state index contributed by atoms with van der Waals surface area (Å²) in [5, 5.41) is 0. The summed E-state index contributed by atoms with van der Waals surface area (Å²) in [6.07, 6.45) is 1.65. The summed E-state index contributed by atoms with van der Waals surface area (Å²) in [5.74, 6) is 2.32. The Hall–Kier alpha value is -4.26. The molecule has 7 heteroatoms. The second kappa shape index (κ2) is 10.4. The molecule has 1 aliphatic rings. The maximum atomic E-state index is 12.2. The molecule has 1 aliphatic heterocycles. The van der Waals surface area contributed by atoms with Crippen molar-refractivity contribution in [1.29, 1.82) is 0 Å². The second-order valence-corrected chi connectivity index (χ2v) is 6.99. The third kappa shape index (κ3) is 5.51. The van der Waals surface area contributed by atoms with E-state index >= 15 is 0 Å². The summed E-state index contributed by atoms with van der Waals surface area (Å²) in [6, 6.07) is 22.0. The number of methoxy groups -OCH3 is 2. The van der Waals surface area contributed by atoms with E-state index in [1.54, 1.807) is 32.4 Å². The molecule has 0 spiro atoms. The first-order valence-corrected chi connectivity index (χ1v) is 10.3. The Labute approximate surface area is 191 Å². The molecule has 0 saturated carbocycles. The number of aliphatic imine (C=N–C) groups is 1. The van der Waals surface area contributed by atoms with Gasteiger partial charge in [0.2, 0.25) is 5.90 Å². The van der Waals surface area contributed by atoms with E-state index in [2.05, 4.69) is 4.99 Å². The summed E-state index contributed by atoms with van der Waals surface area (Å²) in [5.41, 5.74) is 1.69. The number of carbonyl (C=O) groups excluding carboxylic acids is 1. The molecule has 168 valence electrons. The molecule has 0 bridgehead atoms. The maximum absolute atomic E-state index is 12.2. The number of esters is 1. The molecule has 0 saturated heterocycles. The fraction of sp³-hybridized carbons (Fsp3) is 0.154. The van der Waals surface area contributed by atoms with Crippen LogP contribution in [0.2, 0.25) is 0 Å². The second-order valence-electron chi connectivity index (χ2n) is 6.99. The first-order chi connectivity index (χ1) is 16.2. The molecule has 0 amide bonds. The van der Waals surface area contributed by atoms with Crippen LogP contribution in [0.4, 0.5) is 0 Å². The number of carbonyl (C=O) groups is 1. The van der Waals surface area contributed by atoms with Gasteiger partial charge in [-0.2, -0.15) is 0 Å². The normalized spacial score (nSPS) is 13.9. The van der Waals surface area contributed by atoms with Gasteiger partial charge in [0.05, 0.1) is 14.2 Å². The Morgan fingerprint density at radius 2 is 1.61 bits per heavy atom. The summed E-state index contributed by atoms with van der Waals surface area (Å²) in [4.78, 5) is 16.6. The zero-order valence-electron chi connectivity index (χ0n) is 18.3. The van der Waals surface area contributed by atoms with Crippen LogP contribution in [0.5, 0.6) is 23.0 Å². The van der Waals surface area contributed by atoms with Crippen molar-refractivity contribution in [2.24, 2.45) is 4.99 Å². The molecule has 0 fully saturated rings. The molecule has 0 atom stereocenters. The molecule has 7 nitrogen and oxygen atoms in total. The fourth-order valence-electron chi connectivity index (χ4n) is 3.17. The monoisotopic (exact) mass is 445 g/mol. The summed E-state index contributed by atoms with van der Waals surface area (Å²) in [6.45, 7) is 0.677. The topological polar surface area (TPSA) is 75.6 Å². The molecule has 0 radical (unpaired) electrons. The van der Waals surface area contributed by atoms with E-state index in [0.29, 0.717) is 30.5 Å². The Kier molecular flexibility index (Phi) is 6.90. The predicted molar refractivity (Wildman–Crippen MR) is 124 cm³/mol. The smallest absolute Gasteiger partial charge is 0.363 e. The van der Waals surface area contributed by atoms with Gasteiger partial charge in [0.1, 0.15) is 24.7 Å². The number of rotatable bonds is 9. The molecule has 4 rings (SSSR count). The minimum absolute atomic E-state index is 0.219. The number of ether oxygens (including phenoxy) is 5. The van der Waals surface area contributed by atoms with Crippen molar-refractivity contribution in [3.63, 3.8) is 0 Å². The number of hydrogen-bond donors (Lipinski definition) is 0. The molecular weight excluding hydrogens is 422 g/mol. The van der Waals surface area contributed by atoms with E-state index in [9.17, 15) is 4.79 Å². The lowest BCUT2D eigenvalue weighted by Gasteiger charge is -2.12. The fourth-order valence-corrected chi connectivity index (χ4v) is 3.17. The Bertz CT molecular complexity index is 1190. The van der Waals surface area contributed by atoms with E-state index < -0.39 is 5.97 Å². The van der Waals surface area contributed by atoms with Crippen molar-refractivity contribution in [2.45, 2.75) is 0 Å². The number of cyclic esters (lactones) is 1. The van der Waals surface area contributed by atoms with Crippen LogP contribution in [-0.2, 0) is 9.53 Å². The number of hydrogen-bond acceptors (Lipinski definition) is 7. The van der Waals surface area contributed by atoms with Gasteiger partial charge in [0, 0.05) is 11.6 Å². The van der Waals surface area contributed by atoms with Gasteiger partial charge in [-0.25, -0.2) is 9.79 Å². The van der Waals surface area contributed by atoms with E-state index in [1.807, 2.05) is 60.7 Å². The zero-order chi connectivity index (χ0) is 23.0. The van der Waals surface area contributed by atoms with Gasteiger partial charge in [-0.3, -0.25) is 0 Å². The minimum atomic E-state index is -0.497. The molecule has 0 aliphatic carbocycles. The minimum Gasteiger partial charge on any atom is -0.497 e. The molecule has 1 heterocycles. The third-order valence-electron chi connectivity index (χ3n) is 4.78. The van der Waals surface area contributed by atoms with Crippen molar-refractivity contribution < 1.29 is 28.5 Å². The van der Waals surface area contributed by atoms with Crippen LogP contribution in [-0.4, -0.2) is 39.3 Å².